The molecule has 0 aliphatic rings. The molecule has 25 heavy (non-hydrogen) atoms. The van der Waals surface area contributed by atoms with E-state index < -0.39 is 0 Å². The lowest BCUT2D eigenvalue weighted by molar-refractivity contribution is 0.141. The van der Waals surface area contributed by atoms with E-state index in [9.17, 15) is 0 Å². The first kappa shape index (κ1) is 17.2. The molecule has 0 radical (unpaired) electrons. The first-order valence-electron chi connectivity index (χ1n) is 7.83. The quantitative estimate of drug-likeness (QED) is 0.595. The molecule has 0 aliphatic carbocycles. The Kier molecular flexibility index (Phi) is 5.15. The molecule has 126 valence electrons. The van der Waals surface area contributed by atoms with E-state index in [1.165, 1.54) is 0 Å². The smallest absolute Gasteiger partial charge is 0.258 e. The van der Waals surface area contributed by atoms with Gasteiger partial charge in [0.2, 0.25) is 5.82 Å². The van der Waals surface area contributed by atoms with Crippen LogP contribution in [0.4, 0.5) is 0 Å². The zero-order valence-electron chi connectivity index (χ0n) is 13.8. The highest BCUT2D eigenvalue weighted by Gasteiger charge is 2.24. The summed E-state index contributed by atoms with van der Waals surface area (Å²) in [7, 11) is 0. The van der Waals surface area contributed by atoms with Crippen LogP contribution in [0.2, 0.25) is 0 Å². The fourth-order valence-electron chi connectivity index (χ4n) is 2.30. The molecule has 1 atom stereocenters. The number of nitrogens with zero attached hydrogens (tertiary/aromatic N) is 3. The molecule has 1 heterocycles. The zero-order chi connectivity index (χ0) is 17.8. The van der Waals surface area contributed by atoms with E-state index in [0.29, 0.717) is 17.3 Å². The van der Waals surface area contributed by atoms with Gasteiger partial charge in [-0.3, -0.25) is 0 Å². The van der Waals surface area contributed by atoms with Crippen molar-refractivity contribution in [2.45, 2.75) is 20.0 Å². The Bertz CT molecular complexity index is 880. The molecule has 0 fully saturated rings. The SMILES string of the molecule is CC(C)C(Oc1ccc(Br)cc1)c1noc(-c2ccc(C#N)cc2)n1. The van der Waals surface area contributed by atoms with Gasteiger partial charge in [-0.2, -0.15) is 10.2 Å². The Hall–Kier alpha value is -2.65. The lowest BCUT2D eigenvalue weighted by Gasteiger charge is -2.19. The van der Waals surface area contributed by atoms with Crippen molar-refractivity contribution in [3.8, 4) is 23.3 Å². The number of hydrogen-bond donors (Lipinski definition) is 0. The van der Waals surface area contributed by atoms with Crippen LogP contribution in [-0.4, -0.2) is 10.1 Å². The third-order valence-corrected chi connectivity index (χ3v) is 4.17. The summed E-state index contributed by atoms with van der Waals surface area (Å²) in [5.41, 5.74) is 1.35. The Morgan fingerprint density at radius 2 is 1.76 bits per heavy atom. The molecule has 0 N–H and O–H groups in total. The summed E-state index contributed by atoms with van der Waals surface area (Å²) in [6.45, 7) is 4.09. The van der Waals surface area contributed by atoms with Crippen molar-refractivity contribution in [2.24, 2.45) is 5.92 Å². The monoisotopic (exact) mass is 397 g/mol. The van der Waals surface area contributed by atoms with E-state index in [1.54, 1.807) is 24.3 Å². The Labute approximate surface area is 154 Å². The maximum atomic E-state index is 8.87. The van der Waals surface area contributed by atoms with Crippen molar-refractivity contribution >= 4 is 15.9 Å². The Balaban J connectivity index is 1.84. The molecule has 0 saturated carbocycles. The minimum absolute atomic E-state index is 0.162. The number of benzene rings is 2. The average Bonchev–Trinajstić information content (AvgIpc) is 3.10. The Morgan fingerprint density at radius 1 is 1.08 bits per heavy atom. The van der Waals surface area contributed by atoms with Gasteiger partial charge < -0.3 is 9.26 Å². The van der Waals surface area contributed by atoms with Crippen molar-refractivity contribution in [1.29, 1.82) is 5.26 Å². The summed E-state index contributed by atoms with van der Waals surface area (Å²) in [6.07, 6.45) is -0.322. The van der Waals surface area contributed by atoms with Gasteiger partial charge in [0.15, 0.2) is 6.10 Å². The van der Waals surface area contributed by atoms with Crippen molar-refractivity contribution in [2.75, 3.05) is 0 Å². The summed E-state index contributed by atoms with van der Waals surface area (Å²) in [5.74, 6) is 1.81. The molecule has 1 unspecified atom stereocenters. The van der Waals surface area contributed by atoms with E-state index in [0.717, 1.165) is 15.8 Å². The maximum absolute atomic E-state index is 8.87. The molecular formula is C19H16BrN3O2. The zero-order valence-corrected chi connectivity index (χ0v) is 15.4. The molecule has 0 aliphatic heterocycles. The largest absolute Gasteiger partial charge is 0.482 e. The minimum atomic E-state index is -0.322. The predicted molar refractivity (Wildman–Crippen MR) is 96.8 cm³/mol. The van der Waals surface area contributed by atoms with E-state index in [1.807, 2.05) is 38.1 Å². The molecule has 0 spiro atoms. The van der Waals surface area contributed by atoms with Crippen LogP contribution in [0.3, 0.4) is 0 Å². The van der Waals surface area contributed by atoms with E-state index in [2.05, 4.69) is 32.1 Å². The second-order valence-electron chi connectivity index (χ2n) is 5.88. The number of nitriles is 1. The summed E-state index contributed by atoms with van der Waals surface area (Å²) in [5, 5.41) is 13.0. The summed E-state index contributed by atoms with van der Waals surface area (Å²) >= 11 is 3.41. The van der Waals surface area contributed by atoms with E-state index in [-0.39, 0.29) is 12.0 Å². The molecule has 6 heteroatoms. The lowest BCUT2D eigenvalue weighted by atomic mass is 10.1. The second-order valence-corrected chi connectivity index (χ2v) is 6.80. The molecule has 5 nitrogen and oxygen atoms in total. The highest BCUT2D eigenvalue weighted by molar-refractivity contribution is 9.10. The maximum Gasteiger partial charge on any atom is 0.258 e. The molecule has 3 aromatic rings. The third-order valence-electron chi connectivity index (χ3n) is 3.64. The fourth-order valence-corrected chi connectivity index (χ4v) is 2.57. The van der Waals surface area contributed by atoms with Crippen molar-refractivity contribution in [3.05, 3.63) is 64.4 Å². The van der Waals surface area contributed by atoms with Crippen molar-refractivity contribution in [3.63, 3.8) is 0 Å². The summed E-state index contributed by atoms with van der Waals surface area (Å²) in [4.78, 5) is 4.48. The number of hydrogen-bond acceptors (Lipinski definition) is 5. The van der Waals surface area contributed by atoms with Gasteiger partial charge in [-0.15, -0.1) is 0 Å². The molecule has 3 rings (SSSR count). The van der Waals surface area contributed by atoms with Crippen molar-refractivity contribution in [1.82, 2.24) is 10.1 Å². The topological polar surface area (TPSA) is 71.9 Å². The van der Waals surface area contributed by atoms with Crippen LogP contribution in [0.1, 0.15) is 31.3 Å². The highest BCUT2D eigenvalue weighted by atomic mass is 79.9. The normalized spacial score (nSPS) is 12.0. The van der Waals surface area contributed by atoms with Crippen molar-refractivity contribution < 1.29 is 9.26 Å². The van der Waals surface area contributed by atoms with E-state index in [4.69, 9.17) is 14.5 Å². The Morgan fingerprint density at radius 3 is 2.36 bits per heavy atom. The number of aromatic nitrogens is 2. The predicted octanol–water partition coefficient (Wildman–Crippen LogP) is 5.15. The minimum Gasteiger partial charge on any atom is -0.482 e. The van der Waals surface area contributed by atoms with Gasteiger partial charge in [-0.25, -0.2) is 0 Å². The van der Waals surface area contributed by atoms with Crippen LogP contribution < -0.4 is 4.74 Å². The first-order chi connectivity index (χ1) is 12.1. The van der Waals surface area contributed by atoms with Gasteiger partial charge >= 0.3 is 0 Å². The van der Waals surface area contributed by atoms with Gasteiger partial charge in [0.1, 0.15) is 5.75 Å². The first-order valence-corrected chi connectivity index (χ1v) is 8.62. The molecular weight excluding hydrogens is 382 g/mol. The average molecular weight is 398 g/mol. The molecule has 2 aromatic carbocycles. The second kappa shape index (κ2) is 7.49. The number of rotatable bonds is 5. The van der Waals surface area contributed by atoms with Gasteiger partial charge in [0, 0.05) is 10.0 Å². The van der Waals surface area contributed by atoms with Crippen LogP contribution in [0, 0.1) is 17.2 Å². The van der Waals surface area contributed by atoms with E-state index >= 15 is 0 Å². The van der Waals surface area contributed by atoms with Gasteiger partial charge in [0.25, 0.3) is 5.89 Å². The molecule has 0 amide bonds. The molecule has 1 aromatic heterocycles. The number of halogens is 1. The lowest BCUT2D eigenvalue weighted by Crippen LogP contribution is -2.15. The van der Waals surface area contributed by atoms with Crippen LogP contribution in [0.5, 0.6) is 5.75 Å². The summed E-state index contributed by atoms with van der Waals surface area (Å²) < 4.78 is 12.4. The fraction of sp³-hybridized carbons (Fsp3) is 0.211. The van der Waals surface area contributed by atoms with Crippen LogP contribution in [0.15, 0.2) is 57.5 Å². The van der Waals surface area contributed by atoms with Crippen LogP contribution in [-0.2, 0) is 0 Å². The van der Waals surface area contributed by atoms with Gasteiger partial charge in [0.05, 0.1) is 11.6 Å². The number of ether oxygens (including phenoxy) is 1. The highest BCUT2D eigenvalue weighted by Crippen LogP contribution is 2.29. The molecule has 0 bridgehead atoms. The third kappa shape index (κ3) is 4.06. The summed E-state index contributed by atoms with van der Waals surface area (Å²) in [6, 6.07) is 16.7. The van der Waals surface area contributed by atoms with Gasteiger partial charge in [-0.1, -0.05) is 34.9 Å². The standard InChI is InChI=1S/C19H16BrN3O2/c1-12(2)17(24-16-9-7-15(20)8-10-16)18-22-19(25-23-18)14-5-3-13(11-21)4-6-14/h3-10,12,17H,1-2H3. The van der Waals surface area contributed by atoms with Gasteiger partial charge in [-0.05, 0) is 54.4 Å². The molecule has 0 saturated heterocycles. The van der Waals surface area contributed by atoms with Crippen LogP contribution in [0.25, 0.3) is 11.5 Å². The van der Waals surface area contributed by atoms with Crippen LogP contribution >= 0.6 is 15.9 Å².